The number of aliphatic hydroxyl groups is 1. The zero-order chi connectivity index (χ0) is 13.9. The summed E-state index contributed by atoms with van der Waals surface area (Å²) in [6.07, 6.45) is 5.36. The zero-order valence-corrected chi connectivity index (χ0v) is 12.4. The predicted octanol–water partition coefficient (Wildman–Crippen LogP) is 2.83. The molecule has 3 rings (SSSR count). The van der Waals surface area contributed by atoms with Crippen molar-refractivity contribution in [3.8, 4) is 0 Å². The minimum Gasteiger partial charge on any atom is -0.392 e. The number of rotatable bonds is 3. The largest absolute Gasteiger partial charge is 0.392 e. The molecule has 0 aliphatic heterocycles. The molecule has 0 saturated heterocycles. The van der Waals surface area contributed by atoms with Crippen LogP contribution in [0.5, 0.6) is 0 Å². The van der Waals surface area contributed by atoms with Crippen molar-refractivity contribution in [3.05, 3.63) is 27.8 Å². The molecule has 2 aromatic heterocycles. The Bertz CT molecular complexity index is 566. The standard InChI is InChI=1S/C14H19N3O2S/c1-9-15-10(8-20-9)7-13-16-14(19-17-13)11-5-3-2-4-6-12(11)18/h8,11-12,18H,2-7H2,1H3. The highest BCUT2D eigenvalue weighted by atomic mass is 32.1. The minimum absolute atomic E-state index is 0.00378. The van der Waals surface area contributed by atoms with Crippen LogP contribution in [0.25, 0.3) is 0 Å². The highest BCUT2D eigenvalue weighted by molar-refractivity contribution is 7.09. The van der Waals surface area contributed by atoms with Crippen LogP contribution in [-0.2, 0) is 6.42 Å². The van der Waals surface area contributed by atoms with Gasteiger partial charge in [0.2, 0.25) is 5.89 Å². The predicted molar refractivity (Wildman–Crippen MR) is 75.8 cm³/mol. The van der Waals surface area contributed by atoms with Crippen molar-refractivity contribution in [1.82, 2.24) is 15.1 Å². The van der Waals surface area contributed by atoms with Gasteiger partial charge in [0.05, 0.1) is 29.1 Å². The second kappa shape index (κ2) is 6.01. The summed E-state index contributed by atoms with van der Waals surface area (Å²) in [4.78, 5) is 8.86. The molecule has 0 aromatic carbocycles. The highest BCUT2D eigenvalue weighted by Crippen LogP contribution is 2.31. The van der Waals surface area contributed by atoms with E-state index in [0.29, 0.717) is 18.1 Å². The second-order valence-corrected chi connectivity index (χ2v) is 6.46. The summed E-state index contributed by atoms with van der Waals surface area (Å²) in [7, 11) is 0. The number of aromatic nitrogens is 3. The maximum absolute atomic E-state index is 10.2. The van der Waals surface area contributed by atoms with Crippen molar-refractivity contribution in [3.63, 3.8) is 0 Å². The van der Waals surface area contributed by atoms with E-state index in [-0.39, 0.29) is 12.0 Å². The summed E-state index contributed by atoms with van der Waals surface area (Å²) in [6, 6.07) is 0. The molecule has 2 heterocycles. The molecule has 1 N–H and O–H groups in total. The third-order valence-electron chi connectivity index (χ3n) is 3.79. The van der Waals surface area contributed by atoms with Crippen LogP contribution >= 0.6 is 11.3 Å². The number of aryl methyl sites for hydroxylation is 1. The van der Waals surface area contributed by atoms with Crippen LogP contribution in [0.3, 0.4) is 0 Å². The van der Waals surface area contributed by atoms with Gasteiger partial charge >= 0.3 is 0 Å². The Labute approximate surface area is 122 Å². The summed E-state index contributed by atoms with van der Waals surface area (Å²) >= 11 is 1.62. The van der Waals surface area contributed by atoms with Gasteiger partial charge in [-0.05, 0) is 19.8 Å². The van der Waals surface area contributed by atoms with Crippen LogP contribution < -0.4 is 0 Å². The fourth-order valence-corrected chi connectivity index (χ4v) is 3.33. The van der Waals surface area contributed by atoms with Gasteiger partial charge in [0.25, 0.3) is 0 Å². The van der Waals surface area contributed by atoms with Crippen molar-refractivity contribution >= 4 is 11.3 Å². The molecule has 20 heavy (non-hydrogen) atoms. The summed E-state index contributed by atoms with van der Waals surface area (Å²) in [6.45, 7) is 1.98. The molecule has 0 radical (unpaired) electrons. The van der Waals surface area contributed by atoms with Gasteiger partial charge in [-0.15, -0.1) is 11.3 Å². The molecule has 0 bridgehead atoms. The molecule has 1 fully saturated rings. The molecular formula is C14H19N3O2S. The summed E-state index contributed by atoms with van der Waals surface area (Å²) in [5.41, 5.74) is 0.973. The maximum atomic E-state index is 10.2. The van der Waals surface area contributed by atoms with Crippen LogP contribution in [-0.4, -0.2) is 26.3 Å². The van der Waals surface area contributed by atoms with Crippen molar-refractivity contribution in [2.24, 2.45) is 0 Å². The van der Waals surface area contributed by atoms with Crippen molar-refractivity contribution < 1.29 is 9.63 Å². The molecule has 0 amide bonds. The Kier molecular flexibility index (Phi) is 4.12. The van der Waals surface area contributed by atoms with Gasteiger partial charge in [-0.25, -0.2) is 4.98 Å². The van der Waals surface area contributed by atoms with E-state index < -0.39 is 0 Å². The van der Waals surface area contributed by atoms with Crippen LogP contribution in [0.15, 0.2) is 9.90 Å². The molecule has 6 heteroatoms. The van der Waals surface area contributed by atoms with Crippen molar-refractivity contribution in [2.75, 3.05) is 0 Å². The number of aliphatic hydroxyl groups excluding tert-OH is 1. The fraction of sp³-hybridized carbons (Fsp3) is 0.643. The fourth-order valence-electron chi connectivity index (χ4n) is 2.72. The number of hydrogen-bond donors (Lipinski definition) is 1. The molecule has 108 valence electrons. The van der Waals surface area contributed by atoms with E-state index in [1.165, 1.54) is 6.42 Å². The average Bonchev–Trinajstić information content (AvgIpc) is 2.98. The number of hydrogen-bond acceptors (Lipinski definition) is 6. The lowest BCUT2D eigenvalue weighted by Crippen LogP contribution is -2.17. The highest BCUT2D eigenvalue weighted by Gasteiger charge is 2.28. The third kappa shape index (κ3) is 3.07. The lowest BCUT2D eigenvalue weighted by Gasteiger charge is -2.15. The molecular weight excluding hydrogens is 274 g/mol. The minimum atomic E-state index is -0.354. The van der Waals surface area contributed by atoms with E-state index in [4.69, 9.17) is 4.52 Å². The van der Waals surface area contributed by atoms with Crippen molar-refractivity contribution in [2.45, 2.75) is 57.5 Å². The smallest absolute Gasteiger partial charge is 0.232 e. The maximum Gasteiger partial charge on any atom is 0.232 e. The molecule has 0 spiro atoms. The van der Waals surface area contributed by atoms with E-state index in [1.807, 2.05) is 12.3 Å². The first-order valence-corrected chi connectivity index (χ1v) is 8.02. The van der Waals surface area contributed by atoms with Gasteiger partial charge in [-0.1, -0.05) is 24.4 Å². The van der Waals surface area contributed by atoms with E-state index in [0.717, 1.165) is 36.4 Å². The molecule has 5 nitrogen and oxygen atoms in total. The Balaban J connectivity index is 1.72. The van der Waals surface area contributed by atoms with Crippen LogP contribution in [0.2, 0.25) is 0 Å². The topological polar surface area (TPSA) is 72.0 Å². The van der Waals surface area contributed by atoms with E-state index in [1.54, 1.807) is 11.3 Å². The van der Waals surface area contributed by atoms with Gasteiger partial charge in [-0.3, -0.25) is 0 Å². The Morgan fingerprint density at radius 3 is 2.95 bits per heavy atom. The lowest BCUT2D eigenvalue weighted by atomic mass is 9.97. The zero-order valence-electron chi connectivity index (χ0n) is 11.6. The second-order valence-electron chi connectivity index (χ2n) is 5.40. The van der Waals surface area contributed by atoms with Gasteiger partial charge in [0.15, 0.2) is 5.82 Å². The molecule has 2 aromatic rings. The van der Waals surface area contributed by atoms with Gasteiger partial charge in [-0.2, -0.15) is 4.98 Å². The summed E-state index contributed by atoms with van der Waals surface area (Å²) in [5.74, 6) is 1.24. The first kappa shape index (κ1) is 13.7. The molecule has 2 unspecified atom stereocenters. The summed E-state index contributed by atoms with van der Waals surface area (Å²) in [5, 5.41) is 17.3. The Morgan fingerprint density at radius 2 is 2.15 bits per heavy atom. The van der Waals surface area contributed by atoms with E-state index in [2.05, 4.69) is 15.1 Å². The normalized spacial score (nSPS) is 23.7. The molecule has 1 saturated carbocycles. The van der Waals surface area contributed by atoms with Gasteiger partial charge in [0.1, 0.15) is 0 Å². The Morgan fingerprint density at radius 1 is 1.30 bits per heavy atom. The van der Waals surface area contributed by atoms with E-state index >= 15 is 0 Å². The first-order valence-electron chi connectivity index (χ1n) is 7.14. The van der Waals surface area contributed by atoms with Crippen LogP contribution in [0.4, 0.5) is 0 Å². The molecule has 1 aliphatic rings. The van der Waals surface area contributed by atoms with Crippen molar-refractivity contribution in [1.29, 1.82) is 0 Å². The number of nitrogens with zero attached hydrogens (tertiary/aromatic N) is 3. The van der Waals surface area contributed by atoms with Gasteiger partial charge in [0, 0.05) is 5.38 Å². The lowest BCUT2D eigenvalue weighted by molar-refractivity contribution is 0.119. The SMILES string of the molecule is Cc1nc(Cc2noc(C3CCCCCC3O)n2)cs1. The quantitative estimate of drug-likeness (QED) is 0.881. The molecule has 1 aliphatic carbocycles. The van der Waals surface area contributed by atoms with Crippen LogP contribution in [0, 0.1) is 6.92 Å². The van der Waals surface area contributed by atoms with Gasteiger partial charge < -0.3 is 9.63 Å². The summed E-state index contributed by atoms with van der Waals surface area (Å²) < 4.78 is 5.36. The third-order valence-corrected chi connectivity index (χ3v) is 4.61. The van der Waals surface area contributed by atoms with Crippen LogP contribution in [0.1, 0.15) is 60.4 Å². The monoisotopic (exact) mass is 293 g/mol. The molecule has 2 atom stereocenters. The average molecular weight is 293 g/mol. The number of thiazole rings is 1. The Hall–Kier alpha value is -1.27. The first-order chi connectivity index (χ1) is 9.72. The van der Waals surface area contributed by atoms with E-state index in [9.17, 15) is 5.11 Å².